The van der Waals surface area contributed by atoms with E-state index in [-0.39, 0.29) is 150 Å². The number of nitrogens with one attached hydrogen (secondary N) is 4. The van der Waals surface area contributed by atoms with Crippen LogP contribution in [0, 0.1) is 71.4 Å². The minimum Gasteiger partial charge on any atom is -0.396 e. The van der Waals surface area contributed by atoms with Crippen LogP contribution in [0.1, 0.15) is 312 Å². The maximum atomic E-state index is 11.9. The molecule has 25 nitrogen and oxygen atoms in total. The molecule has 1 aliphatic carbocycles. The zero-order valence-electron chi connectivity index (χ0n) is 79.6. The number of aliphatic hydroxyl groups excluding tert-OH is 4. The number of hydrogen-bond donors (Lipinski definition) is 9. The number of nitrogens with two attached hydrogens (primary N) is 1. The van der Waals surface area contributed by atoms with Gasteiger partial charge in [-0.2, -0.15) is 5.26 Å². The summed E-state index contributed by atoms with van der Waals surface area (Å²) >= 11 is 0. The Bertz CT molecular complexity index is 3560. The first-order valence-electron chi connectivity index (χ1n) is 40.0. The summed E-state index contributed by atoms with van der Waals surface area (Å²) in [6.07, 6.45) is 6.64. The lowest BCUT2D eigenvalue weighted by Gasteiger charge is -2.23. The fourth-order valence-electron chi connectivity index (χ4n) is 8.26. The van der Waals surface area contributed by atoms with E-state index in [9.17, 15) is 67.2 Å². The summed E-state index contributed by atoms with van der Waals surface area (Å²) in [6.45, 7) is 70.6. The highest BCUT2D eigenvalue weighted by Crippen LogP contribution is 2.33. The lowest BCUT2D eigenvalue weighted by atomic mass is 9.85. The number of likely N-dealkylation sites (N-methyl/N-ethyl adjacent to an activating group) is 1. The second kappa shape index (κ2) is 55.1. The van der Waals surface area contributed by atoms with Gasteiger partial charge in [0, 0.05) is 101 Å². The number of hydrogen-bond acceptors (Lipinski definition) is 20. The van der Waals surface area contributed by atoms with E-state index < -0.39 is 56.6 Å². The molecule has 4 amide bonds. The summed E-state index contributed by atoms with van der Waals surface area (Å²) < 4.78 is 91.5. The number of nitrogens with zero attached hydrogens (tertiary/aromatic N) is 1. The van der Waals surface area contributed by atoms with Gasteiger partial charge >= 0.3 is 0 Å². The Morgan fingerprint density at radius 3 is 1.23 bits per heavy atom. The Kier molecular flexibility index (Phi) is 60.1. The molecule has 0 radical (unpaired) electrons. The molecule has 0 aliphatic heterocycles. The van der Waals surface area contributed by atoms with Crippen LogP contribution in [0.5, 0.6) is 0 Å². The van der Waals surface area contributed by atoms with Crippen molar-refractivity contribution in [1.29, 1.82) is 5.26 Å². The van der Waals surface area contributed by atoms with Crippen molar-refractivity contribution in [3.05, 3.63) is 47.4 Å². The summed E-state index contributed by atoms with van der Waals surface area (Å²) in [6, 6.07) is 10.1. The van der Waals surface area contributed by atoms with Gasteiger partial charge in [0.15, 0.2) is 19.7 Å². The molecule has 1 aliphatic rings. The van der Waals surface area contributed by atoms with Crippen LogP contribution >= 0.6 is 0 Å². The Balaban J connectivity index is -0.000000188. The van der Waals surface area contributed by atoms with Crippen LogP contribution < -0.4 is 26.4 Å². The van der Waals surface area contributed by atoms with Crippen molar-refractivity contribution in [3.8, 4) is 6.07 Å². The first kappa shape index (κ1) is 127. The zero-order chi connectivity index (χ0) is 94.7. The number of ketones is 3. The smallest absolute Gasteiger partial charge is 0.225 e. The molecule has 2 rings (SSSR count). The van der Waals surface area contributed by atoms with Crippen molar-refractivity contribution in [2.24, 2.45) is 65.8 Å². The molecule has 116 heavy (non-hydrogen) atoms. The van der Waals surface area contributed by atoms with Crippen molar-refractivity contribution >= 4 is 80.5 Å². The number of aryl methyl sites for hydroxylation is 1. The minimum atomic E-state index is -3.38. The topological polar surface area (TPSA) is 435 Å². The van der Waals surface area contributed by atoms with Gasteiger partial charge in [-0.25, -0.2) is 38.4 Å². The third-order valence-corrected chi connectivity index (χ3v) is 23.0. The SMILES string of the molecule is C=CS(=O)(=O)CC(C)(C)C.CC(C)(C#N)CS(=O)(=O)NC(C)(C)C.CC(C)(C)C(=O)CCC(O)CO.CC(C)(C)C(N)=O.CC(C)(C)CS(=O)(=O)C1CC1.CC(C)(C)CS(C)(=O)=O.CC(C)NC(=O)C(C)(C)C.CC(CCO)NC(=O)C(C)(C)C.CCC(CO)CC(=O)C(C)(C)C.CNC(=O)Cc1cccc(CCC(=O)C(C)(C)C)c1. The van der Waals surface area contributed by atoms with Crippen molar-refractivity contribution < 1.29 is 87.7 Å². The lowest BCUT2D eigenvalue weighted by molar-refractivity contribution is -0.129. The van der Waals surface area contributed by atoms with Gasteiger partial charge in [-0.1, -0.05) is 231 Å². The predicted octanol–water partition coefficient (Wildman–Crippen LogP) is 13.8. The number of sulfone groups is 3. The third-order valence-electron chi connectivity index (χ3n) is 15.0. The third kappa shape index (κ3) is 84.0. The number of carbonyl (C=O) groups excluding carboxylic acids is 7. The molecule has 1 aromatic carbocycles. The number of amides is 4. The molecule has 29 heteroatoms. The molecule has 1 saturated carbocycles. The Morgan fingerprint density at radius 2 is 0.966 bits per heavy atom. The lowest BCUT2D eigenvalue weighted by Crippen LogP contribution is -2.44. The number of aliphatic hydroxyl groups is 4. The summed E-state index contributed by atoms with van der Waals surface area (Å²) in [5, 5.41) is 53.0. The molecule has 0 saturated heterocycles. The Morgan fingerprint density at radius 1 is 0.569 bits per heavy atom. The van der Waals surface area contributed by atoms with E-state index in [4.69, 9.17) is 31.4 Å². The van der Waals surface area contributed by atoms with Gasteiger partial charge in [0.2, 0.25) is 33.7 Å². The van der Waals surface area contributed by atoms with E-state index in [0.717, 1.165) is 42.2 Å². The van der Waals surface area contributed by atoms with E-state index in [1.165, 1.54) is 6.26 Å². The van der Waals surface area contributed by atoms with Crippen LogP contribution in [0.2, 0.25) is 0 Å². The van der Waals surface area contributed by atoms with Crippen LogP contribution in [0.3, 0.4) is 0 Å². The van der Waals surface area contributed by atoms with E-state index in [1.54, 1.807) is 62.4 Å². The van der Waals surface area contributed by atoms with Gasteiger partial charge < -0.3 is 42.1 Å². The molecule has 686 valence electrons. The van der Waals surface area contributed by atoms with Gasteiger partial charge in [-0.05, 0) is 121 Å². The molecular weight excluding hydrogens is 1560 g/mol. The Labute approximate surface area is 707 Å². The Hall–Kier alpha value is -5.06. The van der Waals surface area contributed by atoms with E-state index in [0.29, 0.717) is 44.3 Å². The predicted molar refractivity (Wildman–Crippen MR) is 479 cm³/mol. The quantitative estimate of drug-likeness (QED) is 0.0439. The molecule has 0 bridgehead atoms. The number of primary amides is 1. The van der Waals surface area contributed by atoms with Gasteiger partial charge in [-0.3, -0.25) is 33.6 Å². The van der Waals surface area contributed by atoms with Crippen LogP contribution in [0.25, 0.3) is 0 Å². The molecular formula is C87H170N6O19S4. The highest BCUT2D eigenvalue weighted by molar-refractivity contribution is 7.94. The van der Waals surface area contributed by atoms with Gasteiger partial charge in [0.25, 0.3) is 0 Å². The van der Waals surface area contributed by atoms with Crippen LogP contribution in [0.15, 0.2) is 36.3 Å². The second-order valence-corrected chi connectivity index (χ2v) is 49.8. The minimum absolute atomic E-state index is 0.00160. The molecule has 0 heterocycles. The van der Waals surface area contributed by atoms with Gasteiger partial charge in [-0.15, -0.1) is 0 Å². The van der Waals surface area contributed by atoms with E-state index >= 15 is 0 Å². The van der Waals surface area contributed by atoms with Crippen molar-refractivity contribution in [1.82, 2.24) is 20.7 Å². The number of nitriles is 1. The maximum Gasteiger partial charge on any atom is 0.225 e. The molecule has 3 unspecified atom stereocenters. The number of carbonyl (C=O) groups is 7. The summed E-state index contributed by atoms with van der Waals surface area (Å²) in [4.78, 5) is 78.7. The molecule has 0 spiro atoms. The van der Waals surface area contributed by atoms with Crippen molar-refractivity contribution in [3.63, 3.8) is 0 Å². The highest BCUT2D eigenvalue weighted by atomic mass is 32.2. The average Bonchev–Trinajstić information content (AvgIpc) is 1.66. The normalized spacial score (nSPS) is 13.7. The molecule has 1 fully saturated rings. The van der Waals surface area contributed by atoms with E-state index in [2.05, 4.69) is 27.3 Å². The van der Waals surface area contributed by atoms with Crippen molar-refractivity contribution in [2.45, 2.75) is 342 Å². The van der Waals surface area contributed by atoms with Gasteiger partial charge in [0.05, 0.1) is 58.9 Å². The fourth-order valence-corrected chi connectivity index (χ4v) is 15.5. The van der Waals surface area contributed by atoms with Gasteiger partial charge in [0.1, 0.15) is 27.2 Å². The molecule has 10 N–H and O–H groups in total. The molecule has 3 atom stereocenters. The molecule has 1 aromatic rings. The number of rotatable bonds is 25. The van der Waals surface area contributed by atoms with Crippen LogP contribution in [-0.2, 0) is 85.9 Å². The zero-order valence-corrected chi connectivity index (χ0v) is 82.8. The maximum absolute atomic E-state index is 11.9. The average molecular weight is 1730 g/mol. The van der Waals surface area contributed by atoms with Crippen LogP contribution in [0.4, 0.5) is 0 Å². The number of sulfonamides is 1. The highest BCUT2D eigenvalue weighted by Gasteiger charge is 2.38. The molecule has 0 aromatic heterocycles. The first-order chi connectivity index (χ1) is 51.0. The number of benzene rings is 1. The standard InChI is InChI=1S/C16H23NO2.C10H20O2.C9H18N2O2S.C9H19NO2.C9H18O3.C8H17NO.C8H16O2S.C7H14O2S.C6H14O2S.C5H11NO/c1-16(2,3)14(18)9-8-12-6-5-7-13(10-12)11-15(19)17-4;1-5-8(7-11)6-9(12)10(2,3)4;1-8(2,3)11-14(12,13)7-9(4,5)6-10;1-7(5-6-11)10-8(12)9(2,3)4;1-9(2,3)8(12)5-4-7(11)6-10;1-6(2)9-7(10)8(3,4)5;1-8(2,3)6-11(9,10)7-4-5-7;1-5-10(8,9)6-7(2,3)4;1-6(2,3)5-9(4,7)8;1-5(2,3)4(6)7/h5-7,10H,8-9,11H2,1-4H3,(H,17,19);8,11H,5-7H2,1-4H3;11H,7H2,1-5H3;7,11H,5-6H2,1-4H3,(H,10,12);7,10-11H,4-6H2,1-3H3;6H,1-5H3,(H,9,10);7H,4-6H2,1-3H3;5H,1,6H2,2-4H3;5H2,1-4H3;1-3H3,(H2,6,7). The summed E-state index contributed by atoms with van der Waals surface area (Å²) in [5.74, 6) is 1.27. The second-order valence-electron chi connectivity index (χ2n) is 41.7. The first-order valence-corrected chi connectivity index (χ1v) is 47.2. The van der Waals surface area contributed by atoms with Crippen molar-refractivity contribution in [2.75, 3.05) is 56.1 Å². The summed E-state index contributed by atoms with van der Waals surface area (Å²) in [7, 11) is -10.3. The largest absolute Gasteiger partial charge is 0.396 e. The monoisotopic (exact) mass is 1730 g/mol. The number of Topliss-reactive ketones (excluding diaryl/α,β-unsaturated/α-hetero) is 3. The van der Waals surface area contributed by atoms with E-state index in [1.807, 2.05) is 224 Å². The van der Waals surface area contributed by atoms with Crippen LogP contribution in [-0.4, -0.2) is 180 Å². The fraction of sp³-hybridized carbons (Fsp3) is 0.816. The summed E-state index contributed by atoms with van der Waals surface area (Å²) in [5.41, 5.74) is 3.48.